The highest BCUT2D eigenvalue weighted by molar-refractivity contribution is 9.10. The van der Waals surface area contributed by atoms with E-state index in [1.807, 2.05) is 18.2 Å². The van der Waals surface area contributed by atoms with Crippen LogP contribution in [0.5, 0.6) is 0 Å². The zero-order chi connectivity index (χ0) is 23.3. The van der Waals surface area contributed by atoms with Gasteiger partial charge in [-0.25, -0.2) is 23.7 Å². The summed E-state index contributed by atoms with van der Waals surface area (Å²) in [5, 5.41) is 7.62. The van der Waals surface area contributed by atoms with Crippen LogP contribution in [0, 0.1) is 0 Å². The third-order valence-electron chi connectivity index (χ3n) is 4.44. The Morgan fingerprint density at radius 2 is 2.03 bits per heavy atom. The van der Waals surface area contributed by atoms with Crippen LogP contribution in [0.25, 0.3) is 10.9 Å². The average Bonchev–Trinajstić information content (AvgIpc) is 2.72. The Morgan fingerprint density at radius 3 is 2.75 bits per heavy atom. The van der Waals surface area contributed by atoms with Crippen molar-refractivity contribution in [3.8, 4) is 0 Å². The molecule has 10 heteroatoms. The fourth-order valence-electron chi connectivity index (χ4n) is 3.01. The van der Waals surface area contributed by atoms with E-state index >= 15 is 0 Å². The molecule has 3 rings (SSSR count). The minimum Gasteiger partial charge on any atom is -0.449 e. The van der Waals surface area contributed by atoms with Crippen molar-refractivity contribution in [1.29, 1.82) is 0 Å². The summed E-state index contributed by atoms with van der Waals surface area (Å²) in [6, 6.07) is 11.3. The van der Waals surface area contributed by atoms with Crippen molar-refractivity contribution >= 4 is 60.0 Å². The number of amides is 1. The summed E-state index contributed by atoms with van der Waals surface area (Å²) in [6.45, 7) is 6.44. The number of hydrogen-bond acceptors (Lipinski definition) is 7. The highest BCUT2D eigenvalue weighted by Gasteiger charge is 2.13. The molecule has 1 atom stereocenters. The van der Waals surface area contributed by atoms with Crippen molar-refractivity contribution in [2.24, 2.45) is 0 Å². The van der Waals surface area contributed by atoms with Crippen molar-refractivity contribution in [1.82, 2.24) is 14.7 Å². The van der Waals surface area contributed by atoms with Crippen LogP contribution in [0.15, 0.2) is 52.1 Å². The first-order valence-corrected chi connectivity index (χ1v) is 12.6. The molecular weight excluding hydrogens is 494 g/mol. The maximum absolute atomic E-state index is 12.8. The van der Waals surface area contributed by atoms with Crippen LogP contribution in [-0.2, 0) is 21.0 Å². The SMILES string of the molecule is C=S(=O)(NC(=O)OCC)c1cccc(CNc2cc3ncnc(NC(C)C)c3cc2Br)c1. The normalized spacial score (nSPS) is 12.9. The van der Waals surface area contributed by atoms with Gasteiger partial charge in [-0.2, -0.15) is 0 Å². The first kappa shape index (κ1) is 23.8. The Hall–Kier alpha value is -2.85. The molecule has 170 valence electrons. The molecule has 1 unspecified atom stereocenters. The second-order valence-corrected chi connectivity index (χ2v) is 10.2. The number of benzene rings is 2. The second-order valence-electron chi connectivity index (χ2n) is 7.37. The lowest BCUT2D eigenvalue weighted by atomic mass is 10.2. The number of carbonyl (C=O) groups excluding carboxylic acids is 1. The van der Waals surface area contributed by atoms with E-state index in [1.165, 1.54) is 6.33 Å². The van der Waals surface area contributed by atoms with E-state index in [0.717, 1.165) is 32.4 Å². The third-order valence-corrected chi connectivity index (χ3v) is 6.60. The molecule has 0 aliphatic heterocycles. The second kappa shape index (κ2) is 10.2. The lowest BCUT2D eigenvalue weighted by molar-refractivity contribution is 0.159. The van der Waals surface area contributed by atoms with Crippen LogP contribution < -0.4 is 15.4 Å². The number of anilines is 2. The van der Waals surface area contributed by atoms with Gasteiger partial charge in [0.15, 0.2) is 0 Å². The molecule has 0 aliphatic rings. The summed E-state index contributed by atoms with van der Waals surface area (Å²) < 4.78 is 20.8. The number of fused-ring (bicyclic) bond motifs is 1. The Balaban J connectivity index is 1.79. The van der Waals surface area contributed by atoms with Gasteiger partial charge in [-0.15, -0.1) is 0 Å². The quantitative estimate of drug-likeness (QED) is 0.374. The van der Waals surface area contributed by atoms with Crippen LogP contribution in [0.1, 0.15) is 26.3 Å². The third kappa shape index (κ3) is 5.89. The largest absolute Gasteiger partial charge is 0.449 e. The summed E-state index contributed by atoms with van der Waals surface area (Å²) in [7, 11) is -3.02. The zero-order valence-corrected chi connectivity index (χ0v) is 20.5. The van der Waals surface area contributed by atoms with E-state index in [9.17, 15) is 9.00 Å². The Kier molecular flexibility index (Phi) is 7.57. The minimum absolute atomic E-state index is 0.186. The average molecular weight is 520 g/mol. The molecule has 3 aromatic rings. The van der Waals surface area contributed by atoms with Gasteiger partial charge in [-0.3, -0.25) is 0 Å². The monoisotopic (exact) mass is 519 g/mol. The number of carbonyl (C=O) groups is 1. The fraction of sp³-hybridized carbons (Fsp3) is 0.273. The number of rotatable bonds is 8. The molecule has 0 saturated carbocycles. The van der Waals surface area contributed by atoms with Gasteiger partial charge in [0.1, 0.15) is 12.1 Å². The van der Waals surface area contributed by atoms with Gasteiger partial charge >= 0.3 is 6.09 Å². The van der Waals surface area contributed by atoms with Crippen molar-refractivity contribution < 1.29 is 13.7 Å². The molecule has 2 aromatic carbocycles. The smallest absolute Gasteiger partial charge is 0.418 e. The Morgan fingerprint density at radius 1 is 1.25 bits per heavy atom. The van der Waals surface area contributed by atoms with Crippen LogP contribution in [0.3, 0.4) is 0 Å². The Bertz CT molecular complexity index is 1230. The molecule has 3 N–H and O–H groups in total. The van der Waals surface area contributed by atoms with Crippen molar-refractivity contribution in [3.05, 3.63) is 52.8 Å². The van der Waals surface area contributed by atoms with Crippen molar-refractivity contribution in [2.45, 2.75) is 38.3 Å². The lowest BCUT2D eigenvalue weighted by Crippen LogP contribution is -2.31. The van der Waals surface area contributed by atoms with Gasteiger partial charge in [0.05, 0.1) is 27.5 Å². The first-order valence-electron chi connectivity index (χ1n) is 10.0. The highest BCUT2D eigenvalue weighted by Crippen LogP contribution is 2.31. The molecule has 0 fully saturated rings. The molecule has 1 amide bonds. The van der Waals surface area contributed by atoms with Crippen LogP contribution in [0.2, 0.25) is 0 Å². The summed E-state index contributed by atoms with van der Waals surface area (Å²) in [6.07, 6.45) is 0.778. The Labute approximate surface area is 196 Å². The number of hydrogen-bond donors (Lipinski definition) is 3. The van der Waals surface area contributed by atoms with Gasteiger partial charge in [0.25, 0.3) is 0 Å². The molecule has 8 nitrogen and oxygen atoms in total. The topological polar surface area (TPSA) is 105 Å². The summed E-state index contributed by atoms with van der Waals surface area (Å²) in [4.78, 5) is 20.8. The van der Waals surface area contributed by atoms with Gasteiger partial charge in [0, 0.05) is 27.3 Å². The first-order chi connectivity index (χ1) is 15.2. The molecule has 0 saturated heterocycles. The number of halogens is 1. The van der Waals surface area contributed by atoms with Gasteiger partial charge in [-0.1, -0.05) is 12.1 Å². The van der Waals surface area contributed by atoms with E-state index in [2.05, 4.69) is 61.0 Å². The zero-order valence-electron chi connectivity index (χ0n) is 18.1. The summed E-state index contributed by atoms with van der Waals surface area (Å²) >= 11 is 3.62. The van der Waals surface area contributed by atoms with Crippen LogP contribution in [-0.4, -0.2) is 38.8 Å². The number of nitrogens with one attached hydrogen (secondary N) is 3. The fourth-order valence-corrected chi connectivity index (χ4v) is 4.58. The minimum atomic E-state index is -3.02. The standard InChI is InChI=1S/C22H26BrN5O3S/c1-5-31-22(29)28-32(4,30)16-8-6-7-15(9-16)12-24-20-11-19-17(10-18(20)23)21(26-13-25-19)27-14(2)3/h6-11,13-14,24H,4-5,12H2,1-3H3,(H,25,26,27)(H,28,29,30). The van der Waals surface area contributed by atoms with Crippen molar-refractivity contribution in [3.63, 3.8) is 0 Å². The predicted molar refractivity (Wildman–Crippen MR) is 133 cm³/mol. The van der Waals surface area contributed by atoms with Crippen LogP contribution >= 0.6 is 15.9 Å². The highest BCUT2D eigenvalue weighted by atomic mass is 79.9. The molecule has 32 heavy (non-hydrogen) atoms. The number of ether oxygens (including phenoxy) is 1. The molecule has 1 heterocycles. The molecule has 0 spiro atoms. The predicted octanol–water partition coefficient (Wildman–Crippen LogP) is 4.56. The summed E-state index contributed by atoms with van der Waals surface area (Å²) in [5.41, 5.74) is 2.54. The number of aromatic nitrogens is 2. The summed E-state index contributed by atoms with van der Waals surface area (Å²) in [5.74, 6) is 4.45. The molecule has 0 aliphatic carbocycles. The molecule has 1 aromatic heterocycles. The van der Waals surface area contributed by atoms with Gasteiger partial charge in [-0.05, 0) is 72.4 Å². The van der Waals surface area contributed by atoms with E-state index in [-0.39, 0.29) is 12.6 Å². The number of nitrogens with zero attached hydrogens (tertiary/aromatic N) is 2. The van der Waals surface area contributed by atoms with E-state index < -0.39 is 15.8 Å². The maximum atomic E-state index is 12.8. The maximum Gasteiger partial charge on any atom is 0.418 e. The van der Waals surface area contributed by atoms with E-state index in [4.69, 9.17) is 4.74 Å². The van der Waals surface area contributed by atoms with Crippen LogP contribution in [0.4, 0.5) is 16.3 Å². The van der Waals surface area contributed by atoms with E-state index in [0.29, 0.717) is 11.4 Å². The molecule has 0 bridgehead atoms. The molecule has 0 radical (unpaired) electrons. The molecular formula is C22H26BrN5O3S. The van der Waals surface area contributed by atoms with Crippen molar-refractivity contribution in [2.75, 3.05) is 17.2 Å². The lowest BCUT2D eigenvalue weighted by Gasteiger charge is -2.15. The van der Waals surface area contributed by atoms with E-state index in [1.54, 1.807) is 25.1 Å². The van der Waals surface area contributed by atoms with Gasteiger partial charge in [0.2, 0.25) is 0 Å². The van der Waals surface area contributed by atoms with Gasteiger partial charge < -0.3 is 15.4 Å².